The summed E-state index contributed by atoms with van der Waals surface area (Å²) in [5.74, 6) is -0.666. The van der Waals surface area contributed by atoms with E-state index in [9.17, 15) is 30.9 Å². The highest BCUT2D eigenvalue weighted by Gasteiger charge is 2.33. The second-order valence-corrected chi connectivity index (χ2v) is 9.79. The Morgan fingerprint density at radius 2 is 1.50 bits per heavy atom. The van der Waals surface area contributed by atoms with E-state index in [2.05, 4.69) is 0 Å². The first kappa shape index (κ1) is 26.3. The molecule has 0 aliphatic rings. The summed E-state index contributed by atoms with van der Waals surface area (Å²) in [7, 11) is -4.69. The molecule has 0 aliphatic heterocycles. The molecule has 180 valence electrons. The van der Waals surface area contributed by atoms with Gasteiger partial charge in [-0.05, 0) is 54.1 Å². The number of benzene rings is 3. The highest BCUT2D eigenvalue weighted by molar-refractivity contribution is 7.86. The van der Waals surface area contributed by atoms with Crippen LogP contribution in [0, 0.1) is 0 Å². The van der Waals surface area contributed by atoms with Crippen LogP contribution in [0.15, 0.2) is 59.5 Å². The highest BCUT2D eigenvalue weighted by atomic mass is 35.5. The molecule has 0 saturated carbocycles. The fourth-order valence-electron chi connectivity index (χ4n) is 3.07. The minimum atomic E-state index is -4.69. The molecule has 0 unspecified atom stereocenters. The molecule has 0 aliphatic carbocycles. The van der Waals surface area contributed by atoms with Crippen molar-refractivity contribution >= 4 is 50.7 Å². The summed E-state index contributed by atoms with van der Waals surface area (Å²) >= 11 is 17.4. The van der Waals surface area contributed by atoms with E-state index in [1.807, 2.05) is 0 Å². The third-order valence-electron chi connectivity index (χ3n) is 4.55. The van der Waals surface area contributed by atoms with Crippen molar-refractivity contribution in [2.75, 3.05) is 0 Å². The SMILES string of the molecule is O=C(Cc1ccc(Cl)c(C(F)(F)F)c1)Cc1cc(Cl)ccc1Oc1ccc(Cl)cc1S(=O)(=O)O. The van der Waals surface area contributed by atoms with Gasteiger partial charge in [-0.1, -0.05) is 40.9 Å². The predicted octanol–water partition coefficient (Wildman–Crippen LogP) is 7.06. The Hall–Kier alpha value is -2.30. The molecule has 5 nitrogen and oxygen atoms in total. The number of ketones is 1. The third-order valence-corrected chi connectivity index (χ3v) is 6.23. The predicted molar refractivity (Wildman–Crippen MR) is 122 cm³/mol. The van der Waals surface area contributed by atoms with Gasteiger partial charge in [0.25, 0.3) is 10.1 Å². The maximum atomic E-state index is 13.1. The Morgan fingerprint density at radius 3 is 2.12 bits per heavy atom. The van der Waals surface area contributed by atoms with Crippen molar-refractivity contribution in [2.24, 2.45) is 0 Å². The maximum absolute atomic E-state index is 13.1. The van der Waals surface area contributed by atoms with Crippen LogP contribution < -0.4 is 4.74 Å². The van der Waals surface area contributed by atoms with E-state index in [1.54, 1.807) is 0 Å². The molecule has 0 heterocycles. The van der Waals surface area contributed by atoms with Crippen molar-refractivity contribution in [1.29, 1.82) is 0 Å². The summed E-state index contributed by atoms with van der Waals surface area (Å²) in [6.07, 6.45) is -5.29. The lowest BCUT2D eigenvalue weighted by molar-refractivity contribution is -0.137. The summed E-state index contributed by atoms with van der Waals surface area (Å²) < 4.78 is 77.7. The minimum Gasteiger partial charge on any atom is -0.456 e. The van der Waals surface area contributed by atoms with Crippen molar-refractivity contribution in [3.8, 4) is 11.5 Å². The Morgan fingerprint density at radius 1 is 0.882 bits per heavy atom. The van der Waals surface area contributed by atoms with Crippen LogP contribution in [-0.2, 0) is 33.9 Å². The average molecular weight is 554 g/mol. The normalized spacial score (nSPS) is 12.0. The zero-order valence-electron chi connectivity index (χ0n) is 16.9. The van der Waals surface area contributed by atoms with E-state index in [4.69, 9.17) is 39.5 Å². The molecule has 0 atom stereocenters. The zero-order chi connectivity index (χ0) is 25.3. The van der Waals surface area contributed by atoms with E-state index in [0.29, 0.717) is 0 Å². The molecule has 0 radical (unpaired) electrons. The Bertz CT molecular complexity index is 1360. The van der Waals surface area contributed by atoms with Gasteiger partial charge < -0.3 is 4.74 Å². The molecule has 0 spiro atoms. The van der Waals surface area contributed by atoms with Gasteiger partial charge in [0.15, 0.2) is 0 Å². The molecule has 3 rings (SSSR count). The van der Waals surface area contributed by atoms with E-state index in [1.165, 1.54) is 36.4 Å². The fraction of sp³-hybridized carbons (Fsp3) is 0.136. The second-order valence-electron chi connectivity index (χ2n) is 7.12. The maximum Gasteiger partial charge on any atom is 0.417 e. The van der Waals surface area contributed by atoms with Crippen molar-refractivity contribution in [2.45, 2.75) is 23.9 Å². The van der Waals surface area contributed by atoms with Crippen molar-refractivity contribution in [1.82, 2.24) is 0 Å². The van der Waals surface area contributed by atoms with Crippen LogP contribution in [0.2, 0.25) is 15.1 Å². The molecule has 0 bridgehead atoms. The molecule has 1 N–H and O–H groups in total. The molecule has 3 aromatic rings. The topological polar surface area (TPSA) is 80.7 Å². The lowest BCUT2D eigenvalue weighted by Gasteiger charge is -2.14. The van der Waals surface area contributed by atoms with Gasteiger partial charge in [0.2, 0.25) is 0 Å². The van der Waals surface area contributed by atoms with Crippen LogP contribution in [0.3, 0.4) is 0 Å². The van der Waals surface area contributed by atoms with E-state index in [0.717, 1.165) is 18.2 Å². The monoisotopic (exact) mass is 552 g/mol. The Kier molecular flexibility index (Phi) is 7.84. The number of halogens is 6. The summed E-state index contributed by atoms with van der Waals surface area (Å²) in [5, 5.41) is -0.202. The number of carbonyl (C=O) groups is 1. The molecule has 0 amide bonds. The molecule has 0 saturated heterocycles. The number of ether oxygens (including phenoxy) is 1. The van der Waals surface area contributed by atoms with E-state index >= 15 is 0 Å². The molecule has 34 heavy (non-hydrogen) atoms. The van der Waals surface area contributed by atoms with Crippen LogP contribution in [0.5, 0.6) is 11.5 Å². The number of hydrogen-bond donors (Lipinski definition) is 1. The van der Waals surface area contributed by atoms with E-state index < -0.39 is 37.6 Å². The second kappa shape index (κ2) is 10.1. The summed E-state index contributed by atoms with van der Waals surface area (Å²) in [6, 6.07) is 11.0. The highest BCUT2D eigenvalue weighted by Crippen LogP contribution is 2.36. The van der Waals surface area contributed by atoms with Crippen molar-refractivity contribution in [3.05, 3.63) is 86.4 Å². The van der Waals surface area contributed by atoms with Gasteiger partial charge in [-0.25, -0.2) is 0 Å². The summed E-state index contributed by atoms with van der Waals surface area (Å²) in [6.45, 7) is 0. The van der Waals surface area contributed by atoms with Gasteiger partial charge in [0.1, 0.15) is 22.2 Å². The number of alkyl halides is 3. The van der Waals surface area contributed by atoms with Gasteiger partial charge in [-0.3, -0.25) is 9.35 Å². The molecule has 0 fully saturated rings. The smallest absolute Gasteiger partial charge is 0.417 e. The van der Waals surface area contributed by atoms with Crippen LogP contribution in [0.1, 0.15) is 16.7 Å². The molecular formula is C22H14Cl3F3O5S. The average Bonchev–Trinajstić information content (AvgIpc) is 2.71. The Balaban J connectivity index is 1.88. The van der Waals surface area contributed by atoms with Crippen LogP contribution in [0.4, 0.5) is 13.2 Å². The minimum absolute atomic E-state index is 0.0349. The molecule has 3 aromatic carbocycles. The first-order chi connectivity index (χ1) is 15.7. The van der Waals surface area contributed by atoms with E-state index in [-0.39, 0.29) is 45.5 Å². The lowest BCUT2D eigenvalue weighted by Crippen LogP contribution is -2.10. The lowest BCUT2D eigenvalue weighted by atomic mass is 10.0. The van der Waals surface area contributed by atoms with Gasteiger partial charge in [0.05, 0.1) is 10.6 Å². The van der Waals surface area contributed by atoms with Gasteiger partial charge in [0, 0.05) is 28.5 Å². The zero-order valence-corrected chi connectivity index (χ0v) is 20.0. The molecule has 0 aromatic heterocycles. The van der Waals surface area contributed by atoms with Gasteiger partial charge in [-0.15, -0.1) is 0 Å². The van der Waals surface area contributed by atoms with Crippen LogP contribution >= 0.6 is 34.8 Å². The molecule has 12 heteroatoms. The standard InChI is InChI=1S/C22H14Cl3F3O5S/c23-14-2-5-19(33-20-6-3-15(24)11-21(20)34(30,31)32)13(9-14)10-16(29)7-12-1-4-18(25)17(8-12)22(26,27)28/h1-6,8-9,11H,7,10H2,(H,30,31,32). The Labute approximate surface area is 207 Å². The van der Waals surface area contributed by atoms with Crippen LogP contribution in [0.25, 0.3) is 0 Å². The van der Waals surface area contributed by atoms with Gasteiger partial charge in [-0.2, -0.15) is 21.6 Å². The number of rotatable bonds is 7. The first-order valence-corrected chi connectivity index (χ1v) is 11.9. The van der Waals surface area contributed by atoms with Crippen LogP contribution in [-0.4, -0.2) is 18.8 Å². The number of Topliss-reactive ketones (excluding diaryl/α,β-unsaturated/α-hetero) is 1. The van der Waals surface area contributed by atoms with Gasteiger partial charge >= 0.3 is 6.18 Å². The summed E-state index contributed by atoms with van der Waals surface area (Å²) in [4.78, 5) is 12.1. The summed E-state index contributed by atoms with van der Waals surface area (Å²) in [5.41, 5.74) is -0.692. The van der Waals surface area contributed by atoms with Crippen molar-refractivity contribution < 1.29 is 35.7 Å². The first-order valence-electron chi connectivity index (χ1n) is 9.34. The molecular weight excluding hydrogens is 540 g/mol. The number of carbonyl (C=O) groups excluding carboxylic acids is 1. The van der Waals surface area contributed by atoms with Crippen molar-refractivity contribution in [3.63, 3.8) is 0 Å². The largest absolute Gasteiger partial charge is 0.456 e. The fourth-order valence-corrected chi connectivity index (χ4v) is 4.37. The third kappa shape index (κ3) is 6.64. The quantitative estimate of drug-likeness (QED) is 0.317. The number of hydrogen-bond acceptors (Lipinski definition) is 4.